The highest BCUT2D eigenvalue weighted by Crippen LogP contribution is 2.11. The van der Waals surface area contributed by atoms with Crippen LogP contribution < -0.4 is 15.4 Å². The molecule has 1 aliphatic rings. The van der Waals surface area contributed by atoms with Crippen molar-refractivity contribution in [2.45, 2.75) is 12.8 Å². The SMILES string of the molecule is COc1ccc(CCNC(=O)/C(C#N)=C\NCCCN2CCOCC2)cc1. The first kappa shape index (κ1) is 20.7. The van der Waals surface area contributed by atoms with Gasteiger partial charge >= 0.3 is 0 Å². The number of ether oxygens (including phenoxy) is 2. The minimum Gasteiger partial charge on any atom is -0.497 e. The number of nitrogens with one attached hydrogen (secondary N) is 2. The first-order valence-electron chi connectivity index (χ1n) is 9.28. The Labute approximate surface area is 160 Å². The standard InChI is InChI=1S/C20H28N4O3/c1-26-19-5-3-17(4-6-19)7-9-23-20(25)18(15-21)16-22-8-2-10-24-11-13-27-14-12-24/h3-6,16,22H,2,7-14H2,1H3,(H,23,25)/b18-16-. The third kappa shape index (κ3) is 7.69. The summed E-state index contributed by atoms with van der Waals surface area (Å²) >= 11 is 0. The minimum atomic E-state index is -0.355. The lowest BCUT2D eigenvalue weighted by molar-refractivity contribution is -0.117. The Balaban J connectivity index is 1.64. The summed E-state index contributed by atoms with van der Waals surface area (Å²) in [6.45, 7) is 5.71. The molecule has 1 aromatic carbocycles. The van der Waals surface area contributed by atoms with Gasteiger partial charge in [-0.3, -0.25) is 9.69 Å². The summed E-state index contributed by atoms with van der Waals surface area (Å²) in [5, 5.41) is 15.0. The van der Waals surface area contributed by atoms with Crippen LogP contribution in [0.5, 0.6) is 5.75 Å². The number of amides is 1. The van der Waals surface area contributed by atoms with Crippen molar-refractivity contribution in [3.63, 3.8) is 0 Å². The Morgan fingerprint density at radius 3 is 2.70 bits per heavy atom. The maximum Gasteiger partial charge on any atom is 0.263 e. The van der Waals surface area contributed by atoms with Crippen LogP contribution in [-0.2, 0) is 16.0 Å². The molecule has 0 atom stereocenters. The molecule has 2 rings (SSSR count). The lowest BCUT2D eigenvalue weighted by Crippen LogP contribution is -2.37. The third-order valence-electron chi connectivity index (χ3n) is 4.37. The van der Waals surface area contributed by atoms with Gasteiger partial charge in [0.2, 0.25) is 0 Å². The van der Waals surface area contributed by atoms with Crippen LogP contribution in [0.15, 0.2) is 36.0 Å². The van der Waals surface area contributed by atoms with Crippen LogP contribution >= 0.6 is 0 Å². The summed E-state index contributed by atoms with van der Waals surface area (Å²) in [6.07, 6.45) is 3.15. The van der Waals surface area contributed by atoms with Crippen LogP contribution in [0.4, 0.5) is 0 Å². The van der Waals surface area contributed by atoms with E-state index in [9.17, 15) is 10.1 Å². The van der Waals surface area contributed by atoms with E-state index in [2.05, 4.69) is 15.5 Å². The number of nitrogens with zero attached hydrogens (tertiary/aromatic N) is 2. The van der Waals surface area contributed by atoms with Gasteiger partial charge in [-0.2, -0.15) is 5.26 Å². The van der Waals surface area contributed by atoms with Gasteiger partial charge in [0.05, 0.1) is 20.3 Å². The first-order chi connectivity index (χ1) is 13.2. The lowest BCUT2D eigenvalue weighted by atomic mass is 10.1. The molecular formula is C20H28N4O3. The summed E-state index contributed by atoms with van der Waals surface area (Å²) in [6, 6.07) is 9.64. The molecule has 0 radical (unpaired) electrons. The second kappa shape index (κ2) is 11.9. The van der Waals surface area contributed by atoms with E-state index < -0.39 is 0 Å². The van der Waals surface area contributed by atoms with Crippen molar-refractivity contribution in [2.24, 2.45) is 0 Å². The molecule has 0 bridgehead atoms. The molecule has 2 N–H and O–H groups in total. The minimum absolute atomic E-state index is 0.0936. The summed E-state index contributed by atoms with van der Waals surface area (Å²) < 4.78 is 10.4. The topological polar surface area (TPSA) is 86.6 Å². The largest absolute Gasteiger partial charge is 0.497 e. The van der Waals surface area contributed by atoms with Crippen LogP contribution in [0.25, 0.3) is 0 Å². The molecule has 7 heteroatoms. The number of morpholine rings is 1. The lowest BCUT2D eigenvalue weighted by Gasteiger charge is -2.26. The van der Waals surface area contributed by atoms with Gasteiger partial charge in [0.15, 0.2) is 0 Å². The second-order valence-electron chi connectivity index (χ2n) is 6.29. The third-order valence-corrected chi connectivity index (χ3v) is 4.37. The molecule has 1 aromatic rings. The molecule has 0 saturated carbocycles. The molecule has 0 aliphatic carbocycles. The zero-order valence-electron chi connectivity index (χ0n) is 15.9. The highest BCUT2D eigenvalue weighted by molar-refractivity contribution is 5.97. The number of benzene rings is 1. The van der Waals surface area contributed by atoms with Crippen molar-refractivity contribution in [1.29, 1.82) is 5.26 Å². The molecule has 146 valence electrons. The molecule has 7 nitrogen and oxygen atoms in total. The van der Waals surface area contributed by atoms with Crippen LogP contribution in [0, 0.1) is 11.3 Å². The van der Waals surface area contributed by atoms with Crippen molar-refractivity contribution < 1.29 is 14.3 Å². The summed E-state index contributed by atoms with van der Waals surface area (Å²) in [5.74, 6) is 0.448. The molecule has 0 unspecified atom stereocenters. The van der Waals surface area contributed by atoms with Gasteiger partial charge in [-0.25, -0.2) is 0 Å². The predicted molar refractivity (Wildman–Crippen MR) is 103 cm³/mol. The smallest absolute Gasteiger partial charge is 0.263 e. The van der Waals surface area contributed by atoms with Crippen molar-refractivity contribution in [1.82, 2.24) is 15.5 Å². The van der Waals surface area contributed by atoms with Crippen molar-refractivity contribution in [3.8, 4) is 11.8 Å². The Morgan fingerprint density at radius 2 is 2.04 bits per heavy atom. The maximum absolute atomic E-state index is 12.1. The van der Waals surface area contributed by atoms with Crippen LogP contribution in [0.3, 0.4) is 0 Å². The molecule has 0 aromatic heterocycles. The summed E-state index contributed by atoms with van der Waals surface area (Å²) in [7, 11) is 1.63. The van der Waals surface area contributed by atoms with Crippen LogP contribution in [0.2, 0.25) is 0 Å². The van der Waals surface area contributed by atoms with Gasteiger partial charge in [-0.15, -0.1) is 0 Å². The average Bonchev–Trinajstić information content (AvgIpc) is 2.72. The van der Waals surface area contributed by atoms with E-state index in [-0.39, 0.29) is 11.5 Å². The first-order valence-corrected chi connectivity index (χ1v) is 9.28. The molecule has 1 aliphatic heterocycles. The van der Waals surface area contributed by atoms with Gasteiger partial charge < -0.3 is 20.1 Å². The van der Waals surface area contributed by atoms with E-state index in [0.717, 1.165) is 57.1 Å². The summed E-state index contributed by atoms with van der Waals surface area (Å²) in [4.78, 5) is 14.4. The van der Waals surface area contributed by atoms with E-state index in [1.54, 1.807) is 7.11 Å². The Bertz CT molecular complexity index is 646. The zero-order chi connectivity index (χ0) is 19.3. The molecule has 1 heterocycles. The highest BCUT2D eigenvalue weighted by Gasteiger charge is 2.10. The molecule has 1 saturated heterocycles. The molecule has 27 heavy (non-hydrogen) atoms. The quantitative estimate of drug-likeness (QED) is 0.363. The number of methoxy groups -OCH3 is 1. The normalized spacial score (nSPS) is 15.0. The Hall–Kier alpha value is -2.56. The predicted octanol–water partition coefficient (Wildman–Crippen LogP) is 1.07. The van der Waals surface area contributed by atoms with Gasteiger partial charge in [-0.05, 0) is 37.1 Å². The van der Waals surface area contributed by atoms with E-state index in [0.29, 0.717) is 13.0 Å². The number of carbonyl (C=O) groups is 1. The van der Waals surface area contributed by atoms with E-state index in [1.807, 2.05) is 30.3 Å². The van der Waals surface area contributed by atoms with Crippen LogP contribution in [0.1, 0.15) is 12.0 Å². The van der Waals surface area contributed by atoms with Gasteiger partial charge in [0.25, 0.3) is 5.91 Å². The van der Waals surface area contributed by atoms with E-state index >= 15 is 0 Å². The van der Waals surface area contributed by atoms with Crippen LogP contribution in [-0.4, -0.2) is 63.9 Å². The fourth-order valence-electron chi connectivity index (χ4n) is 2.76. The molecular weight excluding hydrogens is 344 g/mol. The van der Waals surface area contributed by atoms with Crippen molar-refractivity contribution in [2.75, 3.05) is 53.0 Å². The fraction of sp³-hybridized carbons (Fsp3) is 0.500. The summed E-state index contributed by atoms with van der Waals surface area (Å²) in [5.41, 5.74) is 1.19. The van der Waals surface area contributed by atoms with Gasteiger partial charge in [0.1, 0.15) is 17.4 Å². The molecule has 1 fully saturated rings. The number of hydrogen-bond acceptors (Lipinski definition) is 6. The molecule has 1 amide bonds. The van der Waals surface area contributed by atoms with Gasteiger partial charge in [0, 0.05) is 32.4 Å². The zero-order valence-corrected chi connectivity index (χ0v) is 15.9. The number of rotatable bonds is 10. The Kier molecular flexibility index (Phi) is 9.18. The molecule has 0 spiro atoms. The highest BCUT2D eigenvalue weighted by atomic mass is 16.5. The number of nitriles is 1. The second-order valence-corrected chi connectivity index (χ2v) is 6.29. The van der Waals surface area contributed by atoms with E-state index in [1.165, 1.54) is 6.20 Å². The van der Waals surface area contributed by atoms with Crippen molar-refractivity contribution >= 4 is 5.91 Å². The number of hydrogen-bond donors (Lipinski definition) is 2. The maximum atomic E-state index is 12.1. The van der Waals surface area contributed by atoms with E-state index in [4.69, 9.17) is 9.47 Å². The van der Waals surface area contributed by atoms with Gasteiger partial charge in [-0.1, -0.05) is 12.1 Å². The fourth-order valence-corrected chi connectivity index (χ4v) is 2.76. The monoisotopic (exact) mass is 372 g/mol. The van der Waals surface area contributed by atoms with Crippen molar-refractivity contribution in [3.05, 3.63) is 41.6 Å². The Morgan fingerprint density at radius 1 is 1.30 bits per heavy atom. The average molecular weight is 372 g/mol. The number of carbonyl (C=O) groups excluding carboxylic acids is 1.